The molecule has 0 radical (unpaired) electrons. The van der Waals surface area contributed by atoms with Crippen molar-refractivity contribution in [1.82, 2.24) is 4.90 Å². The number of hydrogen-bond donors (Lipinski definition) is 1. The Morgan fingerprint density at radius 1 is 1.59 bits per heavy atom. The zero-order valence-electron chi connectivity index (χ0n) is 11.1. The summed E-state index contributed by atoms with van der Waals surface area (Å²) < 4.78 is 10.7. The highest BCUT2D eigenvalue weighted by Crippen LogP contribution is 2.15. The van der Waals surface area contributed by atoms with E-state index in [0.717, 1.165) is 0 Å². The predicted octanol–water partition coefficient (Wildman–Crippen LogP) is 1.39. The van der Waals surface area contributed by atoms with E-state index in [4.69, 9.17) is 9.47 Å². The van der Waals surface area contributed by atoms with Crippen LogP contribution in [0.25, 0.3) is 0 Å². The maximum Gasteiger partial charge on any atom is 0.410 e. The second-order valence-electron chi connectivity index (χ2n) is 5.31. The van der Waals surface area contributed by atoms with Crippen LogP contribution in [-0.2, 0) is 9.47 Å². The molecular formula is C12H23NO4. The molecule has 2 atom stereocenters. The Bertz CT molecular complexity index is 262. The second kappa shape index (κ2) is 5.69. The Labute approximate surface area is 103 Å². The first-order valence-electron chi connectivity index (χ1n) is 6.11. The van der Waals surface area contributed by atoms with Gasteiger partial charge in [0.15, 0.2) is 0 Å². The molecule has 0 bridgehead atoms. The Hall–Kier alpha value is -0.810. The number of nitrogens with zero attached hydrogens (tertiary/aromatic N) is 1. The average molecular weight is 245 g/mol. The molecule has 5 nitrogen and oxygen atoms in total. The molecular weight excluding hydrogens is 222 g/mol. The van der Waals surface area contributed by atoms with Crippen LogP contribution in [0.3, 0.4) is 0 Å². The largest absolute Gasteiger partial charge is 0.444 e. The van der Waals surface area contributed by atoms with Crippen molar-refractivity contribution in [2.75, 3.05) is 19.7 Å². The molecule has 0 aromatic heterocycles. The molecule has 17 heavy (non-hydrogen) atoms. The molecule has 1 unspecified atom stereocenters. The van der Waals surface area contributed by atoms with E-state index in [2.05, 4.69) is 0 Å². The predicted molar refractivity (Wildman–Crippen MR) is 63.8 cm³/mol. The third kappa shape index (κ3) is 4.52. The van der Waals surface area contributed by atoms with Crippen LogP contribution >= 0.6 is 0 Å². The highest BCUT2D eigenvalue weighted by molar-refractivity contribution is 5.68. The van der Waals surface area contributed by atoms with Gasteiger partial charge in [-0.15, -0.1) is 0 Å². The van der Waals surface area contributed by atoms with Gasteiger partial charge in [0.1, 0.15) is 11.7 Å². The van der Waals surface area contributed by atoms with Gasteiger partial charge in [0.2, 0.25) is 0 Å². The normalized spacial score (nSPS) is 23.4. The summed E-state index contributed by atoms with van der Waals surface area (Å²) in [5.41, 5.74) is -0.492. The van der Waals surface area contributed by atoms with E-state index in [0.29, 0.717) is 26.1 Å². The lowest BCUT2D eigenvalue weighted by Gasteiger charge is -2.35. The van der Waals surface area contributed by atoms with E-state index < -0.39 is 11.7 Å². The van der Waals surface area contributed by atoms with Gasteiger partial charge in [-0.3, -0.25) is 0 Å². The summed E-state index contributed by atoms with van der Waals surface area (Å²) >= 11 is 0. The monoisotopic (exact) mass is 245 g/mol. The highest BCUT2D eigenvalue weighted by atomic mass is 16.6. The lowest BCUT2D eigenvalue weighted by molar-refractivity contribution is -0.0898. The van der Waals surface area contributed by atoms with E-state index in [-0.39, 0.29) is 12.2 Å². The fraction of sp³-hybridized carbons (Fsp3) is 0.917. The first-order valence-corrected chi connectivity index (χ1v) is 6.11. The van der Waals surface area contributed by atoms with Crippen molar-refractivity contribution in [1.29, 1.82) is 0 Å². The number of rotatable bonds is 2. The molecule has 1 fully saturated rings. The van der Waals surface area contributed by atoms with Crippen molar-refractivity contribution in [2.24, 2.45) is 0 Å². The van der Waals surface area contributed by atoms with Crippen LogP contribution in [0.15, 0.2) is 0 Å². The van der Waals surface area contributed by atoms with Gasteiger partial charge in [0, 0.05) is 6.54 Å². The maximum absolute atomic E-state index is 11.8. The molecule has 1 N–H and O–H groups in total. The molecule has 1 amide bonds. The topological polar surface area (TPSA) is 59.0 Å². The van der Waals surface area contributed by atoms with Crippen molar-refractivity contribution in [2.45, 2.75) is 51.9 Å². The first-order chi connectivity index (χ1) is 7.83. The third-order valence-corrected chi connectivity index (χ3v) is 2.59. The molecule has 0 aromatic rings. The SMILES string of the molecule is CCC(O)[C@H]1CN(C(=O)OC(C)(C)C)CCO1. The molecule has 5 heteroatoms. The van der Waals surface area contributed by atoms with Gasteiger partial charge >= 0.3 is 6.09 Å². The van der Waals surface area contributed by atoms with Crippen LogP contribution in [0.1, 0.15) is 34.1 Å². The van der Waals surface area contributed by atoms with Gasteiger partial charge in [-0.2, -0.15) is 0 Å². The fourth-order valence-electron chi connectivity index (χ4n) is 1.66. The Morgan fingerprint density at radius 3 is 2.76 bits per heavy atom. The molecule has 0 aliphatic carbocycles. The summed E-state index contributed by atoms with van der Waals surface area (Å²) in [6.07, 6.45) is -0.553. The summed E-state index contributed by atoms with van der Waals surface area (Å²) in [7, 11) is 0. The van der Waals surface area contributed by atoms with Crippen molar-refractivity contribution >= 4 is 6.09 Å². The second-order valence-corrected chi connectivity index (χ2v) is 5.31. The van der Waals surface area contributed by atoms with E-state index >= 15 is 0 Å². The third-order valence-electron chi connectivity index (χ3n) is 2.59. The standard InChI is InChI=1S/C12H23NO4/c1-5-9(14)10-8-13(6-7-16-10)11(15)17-12(2,3)4/h9-10,14H,5-8H2,1-4H3/t9?,10-/m1/s1. The number of aliphatic hydroxyl groups is 1. The van der Waals surface area contributed by atoms with Crippen LogP contribution in [-0.4, -0.2) is 53.6 Å². The number of morpholine rings is 1. The van der Waals surface area contributed by atoms with Crippen molar-refractivity contribution in [3.63, 3.8) is 0 Å². The Kier molecular flexibility index (Phi) is 4.77. The summed E-state index contributed by atoms with van der Waals surface area (Å²) in [6, 6.07) is 0. The van der Waals surface area contributed by atoms with Crippen LogP contribution < -0.4 is 0 Å². The molecule has 100 valence electrons. The molecule has 1 heterocycles. The molecule has 1 saturated heterocycles. The molecule has 0 spiro atoms. The summed E-state index contributed by atoms with van der Waals surface area (Å²) in [4.78, 5) is 13.4. The zero-order valence-corrected chi connectivity index (χ0v) is 11.1. The van der Waals surface area contributed by atoms with Crippen molar-refractivity contribution in [3.8, 4) is 0 Å². The molecule has 1 rings (SSSR count). The van der Waals surface area contributed by atoms with Gasteiger partial charge in [0.25, 0.3) is 0 Å². The van der Waals surface area contributed by atoms with Gasteiger partial charge < -0.3 is 19.5 Å². The minimum Gasteiger partial charge on any atom is -0.444 e. The van der Waals surface area contributed by atoms with Crippen molar-refractivity contribution in [3.05, 3.63) is 0 Å². The van der Waals surface area contributed by atoms with Gasteiger partial charge in [-0.05, 0) is 27.2 Å². The molecule has 1 aliphatic heterocycles. The number of carbonyl (C=O) groups excluding carboxylic acids is 1. The Morgan fingerprint density at radius 2 is 2.24 bits per heavy atom. The first kappa shape index (κ1) is 14.3. The van der Waals surface area contributed by atoms with Crippen LogP contribution in [0.4, 0.5) is 4.79 Å². The van der Waals surface area contributed by atoms with E-state index in [9.17, 15) is 9.90 Å². The van der Waals surface area contributed by atoms with Crippen LogP contribution in [0, 0.1) is 0 Å². The fourth-order valence-corrected chi connectivity index (χ4v) is 1.66. The summed E-state index contributed by atoms with van der Waals surface area (Å²) in [5, 5.41) is 9.71. The minimum atomic E-state index is -0.528. The maximum atomic E-state index is 11.8. The highest BCUT2D eigenvalue weighted by Gasteiger charge is 2.30. The average Bonchev–Trinajstić information content (AvgIpc) is 2.26. The van der Waals surface area contributed by atoms with Gasteiger partial charge in [-0.1, -0.05) is 6.92 Å². The lowest BCUT2D eigenvalue weighted by Crippen LogP contribution is -2.50. The van der Waals surface area contributed by atoms with Crippen LogP contribution in [0.2, 0.25) is 0 Å². The van der Waals surface area contributed by atoms with Gasteiger partial charge in [-0.25, -0.2) is 4.79 Å². The molecule has 0 saturated carbocycles. The number of hydrogen-bond acceptors (Lipinski definition) is 4. The number of amides is 1. The molecule has 0 aromatic carbocycles. The lowest BCUT2D eigenvalue weighted by atomic mass is 10.1. The summed E-state index contributed by atoms with van der Waals surface area (Å²) in [6.45, 7) is 8.75. The number of aliphatic hydroxyl groups excluding tert-OH is 1. The van der Waals surface area contributed by atoms with E-state index in [1.807, 2.05) is 27.7 Å². The van der Waals surface area contributed by atoms with Gasteiger partial charge in [0.05, 0.1) is 19.3 Å². The minimum absolute atomic E-state index is 0.304. The van der Waals surface area contributed by atoms with E-state index in [1.165, 1.54) is 0 Å². The van der Waals surface area contributed by atoms with Crippen LogP contribution in [0.5, 0.6) is 0 Å². The smallest absolute Gasteiger partial charge is 0.410 e. The molecule has 1 aliphatic rings. The summed E-state index contributed by atoms with van der Waals surface area (Å²) in [5.74, 6) is 0. The number of ether oxygens (including phenoxy) is 2. The quantitative estimate of drug-likeness (QED) is 0.798. The van der Waals surface area contributed by atoms with E-state index in [1.54, 1.807) is 4.90 Å². The number of carbonyl (C=O) groups is 1. The zero-order chi connectivity index (χ0) is 13.1. The van der Waals surface area contributed by atoms with Crippen molar-refractivity contribution < 1.29 is 19.4 Å². The Balaban J connectivity index is 2.52.